The Kier molecular flexibility index (Phi) is 3.54. The van der Waals surface area contributed by atoms with E-state index in [2.05, 4.69) is 21.2 Å². The highest BCUT2D eigenvalue weighted by Gasteiger charge is 2.11. The first kappa shape index (κ1) is 13.3. The predicted octanol–water partition coefficient (Wildman–Crippen LogP) is 5.06. The number of fused-ring (bicyclic) bond motifs is 1. The maximum Gasteiger partial charge on any atom is 0.256 e. The van der Waals surface area contributed by atoms with Crippen molar-refractivity contribution >= 4 is 48.9 Å². The third-order valence-electron chi connectivity index (χ3n) is 2.88. The number of nitrogens with one attached hydrogen (secondary N) is 1. The second kappa shape index (κ2) is 5.34. The predicted molar refractivity (Wildman–Crippen MR) is 83.9 cm³/mol. The van der Waals surface area contributed by atoms with Gasteiger partial charge in [-0.2, -0.15) is 0 Å². The van der Waals surface area contributed by atoms with Crippen LogP contribution in [0.25, 0.3) is 10.1 Å². The summed E-state index contributed by atoms with van der Waals surface area (Å²) in [6, 6.07) is 11.7. The molecule has 0 fully saturated rings. The number of benzene rings is 2. The van der Waals surface area contributed by atoms with Crippen molar-refractivity contribution < 1.29 is 9.18 Å². The van der Waals surface area contributed by atoms with Crippen molar-refractivity contribution in [2.75, 3.05) is 5.32 Å². The van der Waals surface area contributed by atoms with Gasteiger partial charge in [0.2, 0.25) is 0 Å². The van der Waals surface area contributed by atoms with E-state index >= 15 is 0 Å². The van der Waals surface area contributed by atoms with E-state index in [4.69, 9.17) is 0 Å². The fraction of sp³-hybridized carbons (Fsp3) is 0. The van der Waals surface area contributed by atoms with Gasteiger partial charge in [-0.15, -0.1) is 11.3 Å². The highest BCUT2D eigenvalue weighted by Crippen LogP contribution is 2.25. The molecule has 0 aliphatic heterocycles. The Morgan fingerprint density at radius 1 is 1.15 bits per heavy atom. The largest absolute Gasteiger partial charge is 0.322 e. The Morgan fingerprint density at radius 3 is 2.85 bits per heavy atom. The molecule has 1 heterocycles. The fourth-order valence-corrected chi connectivity index (χ4v) is 3.11. The number of thiophene rings is 1. The van der Waals surface area contributed by atoms with Gasteiger partial charge in [-0.05, 0) is 69.2 Å². The fourth-order valence-electron chi connectivity index (χ4n) is 1.91. The van der Waals surface area contributed by atoms with E-state index in [0.717, 1.165) is 10.1 Å². The van der Waals surface area contributed by atoms with Crippen LogP contribution >= 0.6 is 27.3 Å². The van der Waals surface area contributed by atoms with Crippen LogP contribution in [-0.2, 0) is 0 Å². The number of hydrogen-bond donors (Lipinski definition) is 1. The minimum absolute atomic E-state index is 0.274. The van der Waals surface area contributed by atoms with Crippen LogP contribution in [-0.4, -0.2) is 5.91 Å². The van der Waals surface area contributed by atoms with Crippen molar-refractivity contribution in [3.63, 3.8) is 0 Å². The third kappa shape index (κ3) is 2.59. The summed E-state index contributed by atoms with van der Waals surface area (Å²) in [6.45, 7) is 0. The minimum atomic E-state index is -0.438. The average molecular weight is 350 g/mol. The molecule has 5 heteroatoms. The van der Waals surface area contributed by atoms with Gasteiger partial charge < -0.3 is 5.32 Å². The number of halogens is 2. The number of amides is 1. The van der Waals surface area contributed by atoms with E-state index in [-0.39, 0.29) is 11.5 Å². The molecule has 0 aliphatic carbocycles. The van der Waals surface area contributed by atoms with E-state index in [9.17, 15) is 9.18 Å². The second-order valence-corrected chi connectivity index (χ2v) is 6.05. The molecule has 0 bridgehead atoms. The summed E-state index contributed by atoms with van der Waals surface area (Å²) < 4.78 is 14.9. The summed E-state index contributed by atoms with van der Waals surface area (Å²) in [4.78, 5) is 12.2. The summed E-state index contributed by atoms with van der Waals surface area (Å²) >= 11 is 4.90. The lowest BCUT2D eigenvalue weighted by Crippen LogP contribution is -2.12. The standard InChI is InChI=1S/C15H9BrFNOS/c16-13-3-1-10(17)8-12(13)15(19)18-11-2-4-14-9(7-11)5-6-20-14/h1-8H,(H,18,19). The molecule has 0 atom stereocenters. The Hall–Kier alpha value is -1.72. The molecule has 1 aromatic heterocycles. The van der Waals surface area contributed by atoms with E-state index in [0.29, 0.717) is 10.2 Å². The third-order valence-corrected chi connectivity index (χ3v) is 4.47. The first-order valence-electron chi connectivity index (χ1n) is 5.87. The van der Waals surface area contributed by atoms with E-state index in [1.54, 1.807) is 11.3 Å². The zero-order valence-corrected chi connectivity index (χ0v) is 12.6. The van der Waals surface area contributed by atoms with E-state index < -0.39 is 5.82 Å². The first-order valence-corrected chi connectivity index (χ1v) is 7.54. The van der Waals surface area contributed by atoms with Crippen LogP contribution in [0.4, 0.5) is 10.1 Å². The molecule has 100 valence electrons. The van der Waals surface area contributed by atoms with Gasteiger partial charge >= 0.3 is 0 Å². The highest BCUT2D eigenvalue weighted by molar-refractivity contribution is 9.10. The quantitative estimate of drug-likeness (QED) is 0.688. The van der Waals surface area contributed by atoms with Crippen LogP contribution < -0.4 is 5.32 Å². The van der Waals surface area contributed by atoms with Gasteiger partial charge in [-0.1, -0.05) is 0 Å². The van der Waals surface area contributed by atoms with Crippen molar-refractivity contribution in [2.24, 2.45) is 0 Å². The molecule has 2 aromatic carbocycles. The molecule has 0 saturated heterocycles. The summed E-state index contributed by atoms with van der Waals surface area (Å²) in [5, 5.41) is 5.85. The number of anilines is 1. The lowest BCUT2D eigenvalue weighted by molar-refractivity contribution is 0.102. The number of hydrogen-bond acceptors (Lipinski definition) is 2. The van der Waals surface area contributed by atoms with Gasteiger partial charge in [-0.3, -0.25) is 4.79 Å². The van der Waals surface area contributed by atoms with E-state index in [1.165, 1.54) is 18.2 Å². The molecule has 20 heavy (non-hydrogen) atoms. The van der Waals surface area contributed by atoms with Gasteiger partial charge in [0.25, 0.3) is 5.91 Å². The van der Waals surface area contributed by atoms with Gasteiger partial charge in [0, 0.05) is 14.9 Å². The molecule has 0 aliphatic rings. The topological polar surface area (TPSA) is 29.1 Å². The lowest BCUT2D eigenvalue weighted by atomic mass is 10.2. The van der Waals surface area contributed by atoms with Crippen molar-refractivity contribution in [1.29, 1.82) is 0 Å². The van der Waals surface area contributed by atoms with Crippen molar-refractivity contribution in [3.8, 4) is 0 Å². The highest BCUT2D eigenvalue weighted by atomic mass is 79.9. The van der Waals surface area contributed by atoms with Gasteiger partial charge in [0.1, 0.15) is 5.82 Å². The van der Waals surface area contributed by atoms with Crippen LogP contribution in [0.5, 0.6) is 0 Å². The number of carbonyl (C=O) groups excluding carboxylic acids is 1. The number of rotatable bonds is 2. The van der Waals surface area contributed by atoms with Crippen LogP contribution in [0.3, 0.4) is 0 Å². The molecule has 3 rings (SSSR count). The monoisotopic (exact) mass is 349 g/mol. The van der Waals surface area contributed by atoms with E-state index in [1.807, 2.05) is 29.6 Å². The Bertz CT molecular complexity index is 799. The molecule has 0 spiro atoms. The van der Waals surface area contributed by atoms with Gasteiger partial charge in [-0.25, -0.2) is 4.39 Å². The second-order valence-electron chi connectivity index (χ2n) is 4.25. The molecular weight excluding hydrogens is 341 g/mol. The minimum Gasteiger partial charge on any atom is -0.322 e. The summed E-state index contributed by atoms with van der Waals surface area (Å²) in [5.74, 6) is -0.780. The summed E-state index contributed by atoms with van der Waals surface area (Å²) in [7, 11) is 0. The molecule has 2 nitrogen and oxygen atoms in total. The smallest absolute Gasteiger partial charge is 0.256 e. The summed E-state index contributed by atoms with van der Waals surface area (Å²) in [6.07, 6.45) is 0. The zero-order chi connectivity index (χ0) is 14.1. The average Bonchev–Trinajstić information content (AvgIpc) is 2.89. The molecule has 1 N–H and O–H groups in total. The van der Waals surface area contributed by atoms with Crippen molar-refractivity contribution in [3.05, 3.63) is 63.7 Å². The SMILES string of the molecule is O=C(Nc1ccc2sccc2c1)c1cc(F)ccc1Br. The molecule has 0 saturated carbocycles. The molecule has 0 radical (unpaired) electrons. The van der Waals surface area contributed by atoms with Crippen molar-refractivity contribution in [1.82, 2.24) is 0 Å². The maximum atomic E-state index is 13.2. The van der Waals surface area contributed by atoms with Gasteiger partial charge in [0.15, 0.2) is 0 Å². The maximum absolute atomic E-state index is 13.2. The normalized spacial score (nSPS) is 10.7. The van der Waals surface area contributed by atoms with Crippen LogP contribution in [0, 0.1) is 5.82 Å². The Labute approximate surface area is 127 Å². The Morgan fingerprint density at radius 2 is 2.00 bits per heavy atom. The lowest BCUT2D eigenvalue weighted by Gasteiger charge is -2.07. The first-order chi connectivity index (χ1) is 9.63. The summed E-state index contributed by atoms with van der Waals surface area (Å²) in [5.41, 5.74) is 0.965. The van der Waals surface area contributed by atoms with Crippen LogP contribution in [0.15, 0.2) is 52.3 Å². The van der Waals surface area contributed by atoms with Crippen LogP contribution in [0.1, 0.15) is 10.4 Å². The van der Waals surface area contributed by atoms with Crippen LogP contribution in [0.2, 0.25) is 0 Å². The molecule has 1 amide bonds. The molecule has 0 unspecified atom stereocenters. The zero-order valence-electron chi connectivity index (χ0n) is 10.2. The molecule has 3 aromatic rings. The van der Waals surface area contributed by atoms with Gasteiger partial charge in [0.05, 0.1) is 5.56 Å². The Balaban J connectivity index is 1.89. The molecular formula is C15H9BrFNOS. The van der Waals surface area contributed by atoms with Crippen molar-refractivity contribution in [2.45, 2.75) is 0 Å². The number of carbonyl (C=O) groups is 1.